The van der Waals surface area contributed by atoms with Crippen molar-refractivity contribution in [3.8, 4) is 11.5 Å². The molecule has 3 rings (SSSR count). The van der Waals surface area contributed by atoms with Crippen molar-refractivity contribution in [2.24, 2.45) is 0 Å². The topological polar surface area (TPSA) is 93.5 Å². The van der Waals surface area contributed by atoms with Crippen LogP contribution >= 0.6 is 0 Å². The molecule has 0 spiro atoms. The van der Waals surface area contributed by atoms with E-state index in [1.807, 2.05) is 39.0 Å². The van der Waals surface area contributed by atoms with E-state index in [-0.39, 0.29) is 11.7 Å². The highest BCUT2D eigenvalue weighted by molar-refractivity contribution is 5.44. The van der Waals surface area contributed by atoms with Gasteiger partial charge in [-0.3, -0.25) is 9.89 Å². The third-order valence-electron chi connectivity index (χ3n) is 3.80. The minimum atomic E-state index is -0.177. The van der Waals surface area contributed by atoms with Crippen molar-refractivity contribution < 1.29 is 9.47 Å². The molecule has 3 aromatic rings. The van der Waals surface area contributed by atoms with E-state index in [0.717, 1.165) is 11.3 Å². The highest BCUT2D eigenvalue weighted by Gasteiger charge is 2.10. The van der Waals surface area contributed by atoms with E-state index in [1.54, 1.807) is 7.11 Å². The zero-order valence-electron chi connectivity index (χ0n) is 15.4. The fourth-order valence-corrected chi connectivity index (χ4v) is 2.55. The number of anilines is 1. The molecule has 2 heterocycles. The maximum atomic E-state index is 12.0. The van der Waals surface area contributed by atoms with Gasteiger partial charge in [0.15, 0.2) is 11.5 Å². The first kappa shape index (κ1) is 17.8. The molecule has 0 amide bonds. The van der Waals surface area contributed by atoms with E-state index in [0.29, 0.717) is 36.2 Å². The number of aromatic amines is 1. The lowest BCUT2D eigenvalue weighted by Gasteiger charge is -2.14. The summed E-state index contributed by atoms with van der Waals surface area (Å²) in [5.74, 6) is 2.21. The predicted molar refractivity (Wildman–Crippen MR) is 99.1 cm³/mol. The summed E-state index contributed by atoms with van der Waals surface area (Å²) in [7, 11) is 1.61. The summed E-state index contributed by atoms with van der Waals surface area (Å²) in [6.45, 7) is 6.39. The van der Waals surface area contributed by atoms with Crippen LogP contribution in [0, 0.1) is 0 Å². The molecule has 138 valence electrons. The maximum Gasteiger partial charge on any atom is 0.274 e. The van der Waals surface area contributed by atoms with Crippen LogP contribution in [-0.2, 0) is 13.0 Å². The summed E-state index contributed by atoms with van der Waals surface area (Å²) in [4.78, 5) is 20.7. The summed E-state index contributed by atoms with van der Waals surface area (Å²) >= 11 is 0. The fourth-order valence-electron chi connectivity index (χ4n) is 2.55. The molecule has 0 unspecified atom stereocenters. The van der Waals surface area contributed by atoms with Crippen molar-refractivity contribution in [1.82, 2.24) is 19.6 Å². The van der Waals surface area contributed by atoms with Crippen LogP contribution in [0.3, 0.4) is 0 Å². The van der Waals surface area contributed by atoms with Gasteiger partial charge in [-0.2, -0.15) is 9.50 Å². The molecule has 0 radical (unpaired) electrons. The van der Waals surface area contributed by atoms with E-state index in [4.69, 9.17) is 9.47 Å². The van der Waals surface area contributed by atoms with Crippen molar-refractivity contribution in [2.45, 2.75) is 39.8 Å². The molecule has 8 nitrogen and oxygen atoms in total. The van der Waals surface area contributed by atoms with E-state index >= 15 is 0 Å². The van der Waals surface area contributed by atoms with Crippen molar-refractivity contribution >= 4 is 11.7 Å². The van der Waals surface area contributed by atoms with Crippen LogP contribution in [0.2, 0.25) is 0 Å². The van der Waals surface area contributed by atoms with Crippen molar-refractivity contribution in [1.29, 1.82) is 0 Å². The highest BCUT2D eigenvalue weighted by atomic mass is 16.5. The molecule has 0 atom stereocenters. The van der Waals surface area contributed by atoms with Crippen LogP contribution in [0.5, 0.6) is 11.5 Å². The van der Waals surface area contributed by atoms with Crippen LogP contribution in [0.4, 0.5) is 5.95 Å². The predicted octanol–water partition coefficient (Wildman–Crippen LogP) is 2.39. The molecular weight excluding hydrogens is 334 g/mol. The summed E-state index contributed by atoms with van der Waals surface area (Å²) in [6, 6.07) is 7.25. The summed E-state index contributed by atoms with van der Waals surface area (Å²) in [5, 5.41) is 6.08. The van der Waals surface area contributed by atoms with E-state index in [9.17, 15) is 4.79 Å². The first-order valence-corrected chi connectivity index (χ1v) is 8.56. The molecular formula is C18H23N5O3. The van der Waals surface area contributed by atoms with Gasteiger partial charge in [-0.25, -0.2) is 4.98 Å². The van der Waals surface area contributed by atoms with Gasteiger partial charge in [-0.1, -0.05) is 13.0 Å². The van der Waals surface area contributed by atoms with Gasteiger partial charge in [0.05, 0.1) is 13.2 Å². The number of aromatic nitrogens is 4. The minimum absolute atomic E-state index is 0.0715. The largest absolute Gasteiger partial charge is 0.493 e. The van der Waals surface area contributed by atoms with Crippen molar-refractivity contribution in [3.63, 3.8) is 0 Å². The molecule has 0 aliphatic rings. The lowest BCUT2D eigenvalue weighted by Crippen LogP contribution is -2.15. The number of hydrogen-bond acceptors (Lipinski definition) is 6. The van der Waals surface area contributed by atoms with Gasteiger partial charge in [0, 0.05) is 18.3 Å². The quantitative estimate of drug-likeness (QED) is 0.674. The number of methoxy groups -OCH3 is 1. The Hall–Kier alpha value is -3.03. The molecule has 2 aromatic heterocycles. The smallest absolute Gasteiger partial charge is 0.274 e. The Morgan fingerprint density at radius 3 is 2.73 bits per heavy atom. The van der Waals surface area contributed by atoms with Crippen LogP contribution in [0.15, 0.2) is 29.1 Å². The molecule has 0 aliphatic heterocycles. The van der Waals surface area contributed by atoms with Gasteiger partial charge >= 0.3 is 0 Å². The number of fused-ring (bicyclic) bond motifs is 1. The number of benzene rings is 1. The van der Waals surface area contributed by atoms with Crippen LogP contribution in [0.25, 0.3) is 5.78 Å². The van der Waals surface area contributed by atoms with Crippen molar-refractivity contribution in [2.75, 3.05) is 12.4 Å². The summed E-state index contributed by atoms with van der Waals surface area (Å²) in [5.41, 5.74) is 1.54. The van der Waals surface area contributed by atoms with Gasteiger partial charge in [0.2, 0.25) is 5.95 Å². The van der Waals surface area contributed by atoms with E-state index < -0.39 is 0 Å². The van der Waals surface area contributed by atoms with Gasteiger partial charge in [0.1, 0.15) is 0 Å². The van der Waals surface area contributed by atoms with Gasteiger partial charge < -0.3 is 14.8 Å². The normalized spacial score (nSPS) is 11.1. The molecule has 0 fully saturated rings. The molecule has 0 saturated carbocycles. The summed E-state index contributed by atoms with van der Waals surface area (Å²) < 4.78 is 12.4. The zero-order valence-corrected chi connectivity index (χ0v) is 15.4. The van der Waals surface area contributed by atoms with Crippen LogP contribution < -0.4 is 20.3 Å². The second-order valence-corrected chi connectivity index (χ2v) is 6.15. The number of aryl methyl sites for hydroxylation is 1. The Bertz CT molecular complexity index is 961. The zero-order chi connectivity index (χ0) is 18.7. The van der Waals surface area contributed by atoms with Crippen LogP contribution in [0.1, 0.15) is 32.0 Å². The van der Waals surface area contributed by atoms with E-state index in [1.165, 1.54) is 10.6 Å². The van der Waals surface area contributed by atoms with Gasteiger partial charge in [-0.05, 0) is 38.0 Å². The Morgan fingerprint density at radius 1 is 1.23 bits per heavy atom. The Balaban J connectivity index is 1.77. The molecule has 8 heteroatoms. The first-order chi connectivity index (χ1) is 12.5. The molecule has 0 saturated heterocycles. The SMILES string of the molecule is CCc1cc(=O)n2[nH]c(NCc3ccc(OC(C)C)c(OC)c3)nc2n1. The number of nitrogens with one attached hydrogen (secondary N) is 2. The average Bonchev–Trinajstić information content (AvgIpc) is 3.04. The average molecular weight is 357 g/mol. The maximum absolute atomic E-state index is 12.0. The number of ether oxygens (including phenoxy) is 2. The number of hydrogen-bond donors (Lipinski definition) is 2. The van der Waals surface area contributed by atoms with Gasteiger partial charge in [0.25, 0.3) is 11.3 Å². The third-order valence-corrected chi connectivity index (χ3v) is 3.80. The molecule has 2 N–H and O–H groups in total. The van der Waals surface area contributed by atoms with Crippen LogP contribution in [-0.4, -0.2) is 32.8 Å². The lowest BCUT2D eigenvalue weighted by atomic mass is 10.2. The number of H-pyrrole nitrogens is 1. The molecule has 0 aliphatic carbocycles. The number of nitrogens with zero attached hydrogens (tertiary/aromatic N) is 3. The second kappa shape index (κ2) is 7.47. The number of rotatable bonds is 7. The second-order valence-electron chi connectivity index (χ2n) is 6.15. The Kier molecular flexibility index (Phi) is 5.11. The van der Waals surface area contributed by atoms with Gasteiger partial charge in [-0.15, -0.1) is 0 Å². The van der Waals surface area contributed by atoms with E-state index in [2.05, 4.69) is 20.4 Å². The van der Waals surface area contributed by atoms with Crippen molar-refractivity contribution in [3.05, 3.63) is 45.9 Å². The Labute approximate surface area is 151 Å². The molecule has 1 aromatic carbocycles. The molecule has 26 heavy (non-hydrogen) atoms. The summed E-state index contributed by atoms with van der Waals surface area (Å²) in [6.07, 6.45) is 0.758. The molecule has 0 bridgehead atoms. The monoisotopic (exact) mass is 357 g/mol. The third kappa shape index (κ3) is 3.79. The highest BCUT2D eigenvalue weighted by Crippen LogP contribution is 2.29. The fraction of sp³-hybridized carbons (Fsp3) is 0.389. The first-order valence-electron chi connectivity index (χ1n) is 8.56. The lowest BCUT2D eigenvalue weighted by molar-refractivity contribution is 0.230. The standard InChI is InChI=1S/C18H23N5O3/c1-5-13-9-16(24)23-18(20-13)21-17(22-23)19-10-12-6-7-14(26-11(2)3)15(8-12)25-4/h6-9,11H,5,10H2,1-4H3,(H2,19,20,21,22). The Morgan fingerprint density at radius 2 is 2.04 bits per heavy atom. The minimum Gasteiger partial charge on any atom is -0.493 e.